The summed E-state index contributed by atoms with van der Waals surface area (Å²) in [5.74, 6) is 0.633. The molecule has 1 heterocycles. The average molecular weight is 474 g/mol. The molecule has 0 aliphatic carbocycles. The molecule has 0 spiro atoms. The fourth-order valence-corrected chi connectivity index (χ4v) is 8.56. The minimum Gasteiger partial charge on any atom is -1.00 e. The van der Waals surface area contributed by atoms with Gasteiger partial charge in [0, 0.05) is 12.5 Å². The number of hydrogen-bond acceptors (Lipinski definition) is 1. The molecule has 134 valence electrons. The van der Waals surface area contributed by atoms with E-state index in [4.69, 9.17) is 4.74 Å². The Morgan fingerprint density at radius 1 is 0.692 bits per heavy atom. The number of benzene rings is 3. The van der Waals surface area contributed by atoms with Crippen molar-refractivity contribution in [3.63, 3.8) is 0 Å². The molecule has 1 nitrogen and oxygen atoms in total. The Morgan fingerprint density at radius 2 is 1.12 bits per heavy atom. The van der Waals surface area contributed by atoms with E-state index in [1.807, 2.05) is 0 Å². The van der Waals surface area contributed by atoms with Gasteiger partial charge in [-0.2, -0.15) is 0 Å². The van der Waals surface area contributed by atoms with E-state index in [1.54, 1.807) is 0 Å². The monoisotopic (exact) mass is 474 g/mol. The van der Waals surface area contributed by atoms with Crippen LogP contribution in [0.15, 0.2) is 91.0 Å². The molecule has 1 atom stereocenters. The van der Waals surface area contributed by atoms with Gasteiger partial charge in [-0.3, -0.25) is 0 Å². The number of halogens is 1. The highest BCUT2D eigenvalue weighted by molar-refractivity contribution is 7.95. The van der Waals surface area contributed by atoms with Crippen LogP contribution in [0.25, 0.3) is 0 Å². The lowest BCUT2D eigenvalue weighted by molar-refractivity contribution is -0.00000534. The van der Waals surface area contributed by atoms with E-state index in [9.17, 15) is 0 Å². The molecule has 3 heteroatoms. The van der Waals surface area contributed by atoms with Crippen LogP contribution in [0.4, 0.5) is 0 Å². The maximum Gasteiger partial charge on any atom is 0.112 e. The topological polar surface area (TPSA) is 9.23 Å². The lowest BCUT2D eigenvalue weighted by Gasteiger charge is -2.29. The van der Waals surface area contributed by atoms with Crippen LogP contribution in [0.2, 0.25) is 0 Å². The Morgan fingerprint density at radius 3 is 1.46 bits per heavy atom. The van der Waals surface area contributed by atoms with Gasteiger partial charge >= 0.3 is 0 Å². The summed E-state index contributed by atoms with van der Waals surface area (Å²) in [6.07, 6.45) is 2.36. The first-order chi connectivity index (χ1) is 12.4. The normalized spacial score (nSPS) is 16.8. The Hall–Kier alpha value is -1.22. The lowest BCUT2D eigenvalue weighted by atomic mass is 10.2. The third kappa shape index (κ3) is 3.88. The van der Waals surface area contributed by atoms with E-state index >= 15 is 0 Å². The van der Waals surface area contributed by atoms with E-state index in [2.05, 4.69) is 91.0 Å². The molecule has 0 amide bonds. The molecule has 1 aliphatic heterocycles. The Balaban J connectivity index is 0.00000196. The fourth-order valence-electron chi connectivity index (χ4n) is 3.93. The van der Waals surface area contributed by atoms with Crippen LogP contribution in [0.1, 0.15) is 6.42 Å². The van der Waals surface area contributed by atoms with Gasteiger partial charge in [0.1, 0.15) is 23.2 Å². The van der Waals surface area contributed by atoms with Gasteiger partial charge < -0.3 is 28.7 Å². The van der Waals surface area contributed by atoms with E-state index in [1.165, 1.54) is 28.5 Å². The molecule has 1 saturated heterocycles. The van der Waals surface area contributed by atoms with Crippen LogP contribution in [0.3, 0.4) is 0 Å². The van der Waals surface area contributed by atoms with Crippen LogP contribution >= 0.6 is 7.26 Å². The first kappa shape index (κ1) is 19.5. The molecule has 1 unspecified atom stereocenters. The maximum atomic E-state index is 5.73. The maximum absolute atomic E-state index is 5.73. The van der Waals surface area contributed by atoms with E-state index in [0.29, 0.717) is 5.92 Å². The quantitative estimate of drug-likeness (QED) is 0.397. The van der Waals surface area contributed by atoms with Gasteiger partial charge in [-0.25, -0.2) is 0 Å². The first-order valence-electron chi connectivity index (χ1n) is 9.02. The molecule has 3 aromatic carbocycles. The predicted molar refractivity (Wildman–Crippen MR) is 109 cm³/mol. The summed E-state index contributed by atoms with van der Waals surface area (Å²) in [6, 6.07) is 33.4. The smallest absolute Gasteiger partial charge is 0.112 e. The van der Waals surface area contributed by atoms with Crippen molar-refractivity contribution < 1.29 is 28.7 Å². The van der Waals surface area contributed by atoms with Gasteiger partial charge in [-0.15, -0.1) is 0 Å². The molecule has 0 saturated carbocycles. The van der Waals surface area contributed by atoms with Gasteiger partial charge in [0.15, 0.2) is 0 Å². The summed E-state index contributed by atoms with van der Waals surface area (Å²) < 4.78 is 5.73. The average Bonchev–Trinajstić information content (AvgIpc) is 3.21. The summed E-state index contributed by atoms with van der Waals surface area (Å²) in [7, 11) is -1.68. The van der Waals surface area contributed by atoms with Crippen LogP contribution in [0.5, 0.6) is 0 Å². The first-order valence-corrected chi connectivity index (χ1v) is 11.0. The van der Waals surface area contributed by atoms with Gasteiger partial charge in [0.25, 0.3) is 0 Å². The van der Waals surface area contributed by atoms with Crippen molar-refractivity contribution in [3.05, 3.63) is 91.0 Å². The SMILES string of the molecule is [I-].c1ccc([P+](CC2CCOC2)(c2ccccc2)c2ccccc2)cc1. The highest BCUT2D eigenvalue weighted by Gasteiger charge is 2.47. The summed E-state index contributed by atoms with van der Waals surface area (Å²) in [5.41, 5.74) is 0. The van der Waals surface area contributed by atoms with Crippen LogP contribution < -0.4 is 39.9 Å². The zero-order valence-corrected chi connectivity index (χ0v) is 17.9. The predicted octanol–water partition coefficient (Wildman–Crippen LogP) is 1.02. The highest BCUT2D eigenvalue weighted by atomic mass is 127. The Labute approximate surface area is 174 Å². The fraction of sp³-hybridized carbons (Fsp3) is 0.217. The second kappa shape index (κ2) is 9.12. The van der Waals surface area contributed by atoms with Gasteiger partial charge in [0.2, 0.25) is 0 Å². The summed E-state index contributed by atoms with van der Waals surface area (Å²) in [4.78, 5) is 0. The molecule has 0 N–H and O–H groups in total. The molecule has 0 radical (unpaired) electrons. The van der Waals surface area contributed by atoms with Crippen molar-refractivity contribution in [1.82, 2.24) is 0 Å². The van der Waals surface area contributed by atoms with Gasteiger partial charge in [-0.1, -0.05) is 54.6 Å². The molecule has 1 aliphatic rings. The number of rotatable bonds is 5. The second-order valence-electron chi connectivity index (χ2n) is 6.73. The van der Waals surface area contributed by atoms with Crippen molar-refractivity contribution in [1.29, 1.82) is 0 Å². The zero-order valence-electron chi connectivity index (χ0n) is 14.8. The van der Waals surface area contributed by atoms with Crippen LogP contribution in [-0.4, -0.2) is 19.4 Å². The van der Waals surface area contributed by atoms with Gasteiger partial charge in [-0.05, 0) is 42.8 Å². The largest absolute Gasteiger partial charge is 1.00 e. The van der Waals surface area contributed by atoms with Crippen molar-refractivity contribution in [2.24, 2.45) is 5.92 Å². The Kier molecular flexibility index (Phi) is 6.86. The zero-order chi connectivity index (χ0) is 17.0. The van der Waals surface area contributed by atoms with E-state index < -0.39 is 7.26 Å². The summed E-state index contributed by atoms with van der Waals surface area (Å²) in [6.45, 7) is 1.80. The minimum absolute atomic E-state index is 0. The standard InChI is InChI=1S/C23H24OP.HI/c1-4-10-21(11-5-1)25(19-20-16-17-24-18-20,22-12-6-2-7-13-22)23-14-8-3-9-15-23;/h1-15,20H,16-19H2;1H/q+1;/p-1. The van der Waals surface area contributed by atoms with Crippen molar-refractivity contribution >= 4 is 23.2 Å². The van der Waals surface area contributed by atoms with Crippen molar-refractivity contribution in [3.8, 4) is 0 Å². The minimum atomic E-state index is -1.68. The molecule has 4 rings (SSSR count). The van der Waals surface area contributed by atoms with E-state index in [0.717, 1.165) is 13.2 Å². The third-order valence-electron chi connectivity index (χ3n) is 5.15. The second-order valence-corrected chi connectivity index (χ2v) is 10.3. The molecule has 1 fully saturated rings. The molecular weight excluding hydrogens is 450 g/mol. The van der Waals surface area contributed by atoms with Crippen LogP contribution in [-0.2, 0) is 4.74 Å². The highest BCUT2D eigenvalue weighted by Crippen LogP contribution is 2.57. The van der Waals surface area contributed by atoms with Crippen LogP contribution in [0, 0.1) is 5.92 Å². The van der Waals surface area contributed by atoms with Crippen molar-refractivity contribution in [2.75, 3.05) is 19.4 Å². The van der Waals surface area contributed by atoms with Crippen molar-refractivity contribution in [2.45, 2.75) is 6.42 Å². The molecule has 3 aromatic rings. The lowest BCUT2D eigenvalue weighted by Crippen LogP contribution is -3.00. The third-order valence-corrected chi connectivity index (χ3v) is 9.75. The summed E-state index contributed by atoms with van der Waals surface area (Å²) >= 11 is 0. The summed E-state index contributed by atoms with van der Waals surface area (Å²) in [5, 5.41) is 4.41. The Bertz CT molecular complexity index is 690. The van der Waals surface area contributed by atoms with Gasteiger partial charge in [0.05, 0.1) is 12.8 Å². The molecule has 0 aromatic heterocycles. The molecule has 0 bridgehead atoms. The number of hydrogen-bond donors (Lipinski definition) is 0. The van der Waals surface area contributed by atoms with E-state index in [-0.39, 0.29) is 24.0 Å². The number of ether oxygens (including phenoxy) is 1. The molecular formula is C23H24IOP. The molecule has 26 heavy (non-hydrogen) atoms.